The average molecular weight is 299 g/mol. The number of nitrogens with zero attached hydrogens (tertiary/aromatic N) is 1. The molecule has 0 amide bonds. The molecule has 0 atom stereocenters. The smallest absolute Gasteiger partial charge is 0.240 e. The van der Waals surface area contributed by atoms with Gasteiger partial charge in [0.25, 0.3) is 0 Å². The Hall–Kier alpha value is -1.49. The van der Waals surface area contributed by atoms with Gasteiger partial charge in [0.2, 0.25) is 5.88 Å². The minimum absolute atomic E-state index is 0.0320. The predicted octanol–water partition coefficient (Wildman–Crippen LogP) is 3.30. The zero-order valence-corrected chi connectivity index (χ0v) is 11.4. The molecule has 4 nitrogen and oxygen atoms in total. The van der Waals surface area contributed by atoms with Crippen LogP contribution in [0.5, 0.6) is 11.6 Å². The van der Waals surface area contributed by atoms with Gasteiger partial charge in [-0.3, -0.25) is 0 Å². The molecule has 0 saturated carbocycles. The summed E-state index contributed by atoms with van der Waals surface area (Å²) in [6, 6.07) is 8.80. The largest absolute Gasteiger partial charge is 0.437 e. The maximum absolute atomic E-state index is 9.01. The van der Waals surface area contributed by atoms with Gasteiger partial charge in [-0.25, -0.2) is 0 Å². The highest BCUT2D eigenvalue weighted by Crippen LogP contribution is 2.33. The van der Waals surface area contributed by atoms with Crippen molar-refractivity contribution in [3.63, 3.8) is 0 Å². The normalized spacial score (nSPS) is 10.5. The molecule has 1 aromatic carbocycles. The Morgan fingerprint density at radius 3 is 2.68 bits per heavy atom. The van der Waals surface area contributed by atoms with Crippen molar-refractivity contribution in [3.05, 3.63) is 45.9 Å². The number of ether oxygens (including phenoxy) is 1. The van der Waals surface area contributed by atoms with Gasteiger partial charge < -0.3 is 15.6 Å². The van der Waals surface area contributed by atoms with Crippen LogP contribution in [0, 0.1) is 0 Å². The SMILES string of the molecule is Nc1nc(Oc2ccccc2CCO)c(Cl)cc1Cl. The van der Waals surface area contributed by atoms with Crippen molar-refractivity contribution in [1.82, 2.24) is 4.98 Å². The highest BCUT2D eigenvalue weighted by Gasteiger charge is 2.11. The number of aromatic nitrogens is 1. The molecule has 0 bridgehead atoms. The van der Waals surface area contributed by atoms with E-state index in [9.17, 15) is 0 Å². The first-order chi connectivity index (χ1) is 9.11. The number of hydrogen-bond donors (Lipinski definition) is 2. The molecule has 1 aromatic heterocycles. The monoisotopic (exact) mass is 298 g/mol. The van der Waals surface area contributed by atoms with Gasteiger partial charge in [0.1, 0.15) is 16.6 Å². The van der Waals surface area contributed by atoms with Gasteiger partial charge in [0, 0.05) is 6.61 Å². The molecule has 6 heteroatoms. The minimum Gasteiger partial charge on any atom is -0.437 e. The fourth-order valence-electron chi connectivity index (χ4n) is 1.57. The lowest BCUT2D eigenvalue weighted by Crippen LogP contribution is -1.99. The second-order valence-corrected chi connectivity index (χ2v) is 4.64. The number of nitrogens with two attached hydrogens (primary N) is 1. The fourth-order valence-corrected chi connectivity index (χ4v) is 1.97. The summed E-state index contributed by atoms with van der Waals surface area (Å²) in [5.41, 5.74) is 6.48. The Morgan fingerprint density at radius 1 is 1.21 bits per heavy atom. The van der Waals surface area contributed by atoms with Crippen LogP contribution in [0.25, 0.3) is 0 Å². The fraction of sp³-hybridized carbons (Fsp3) is 0.154. The number of halogens is 2. The average Bonchev–Trinajstić information content (AvgIpc) is 2.38. The molecule has 2 aromatic rings. The van der Waals surface area contributed by atoms with Crippen molar-refractivity contribution in [2.75, 3.05) is 12.3 Å². The van der Waals surface area contributed by atoms with Crippen molar-refractivity contribution in [2.24, 2.45) is 0 Å². The number of rotatable bonds is 4. The zero-order chi connectivity index (χ0) is 13.8. The lowest BCUT2D eigenvalue weighted by Gasteiger charge is -2.11. The third-order valence-corrected chi connectivity index (χ3v) is 3.06. The molecule has 3 N–H and O–H groups in total. The Balaban J connectivity index is 2.33. The molecule has 0 saturated heterocycles. The standard InChI is InChI=1S/C13H12Cl2N2O2/c14-9-7-10(15)13(17-12(9)16)19-11-4-2-1-3-8(11)5-6-18/h1-4,7,18H,5-6H2,(H2,16,17). The third kappa shape index (κ3) is 3.29. The van der Waals surface area contributed by atoms with E-state index in [2.05, 4.69) is 4.98 Å². The maximum atomic E-state index is 9.01. The van der Waals surface area contributed by atoms with Crippen molar-refractivity contribution in [2.45, 2.75) is 6.42 Å². The second kappa shape index (κ2) is 6.10. The lowest BCUT2D eigenvalue weighted by molar-refractivity contribution is 0.297. The van der Waals surface area contributed by atoms with Crippen LogP contribution in [0.15, 0.2) is 30.3 Å². The molecule has 0 aliphatic heterocycles. The molecule has 2 rings (SSSR count). The predicted molar refractivity (Wildman–Crippen MR) is 76.0 cm³/mol. The van der Waals surface area contributed by atoms with E-state index in [4.69, 9.17) is 38.8 Å². The van der Waals surface area contributed by atoms with E-state index in [0.717, 1.165) is 5.56 Å². The summed E-state index contributed by atoms with van der Waals surface area (Å²) in [5, 5.41) is 9.57. The molecule has 0 radical (unpaired) electrons. The second-order valence-electron chi connectivity index (χ2n) is 3.83. The lowest BCUT2D eigenvalue weighted by atomic mass is 10.1. The van der Waals surface area contributed by atoms with Crippen LogP contribution in [0.2, 0.25) is 10.0 Å². The number of nitrogen functional groups attached to an aromatic ring is 1. The Labute approximate surface area is 120 Å². The molecule has 0 aliphatic carbocycles. The summed E-state index contributed by atoms with van der Waals surface area (Å²) >= 11 is 11.8. The molecule has 1 heterocycles. The molecular weight excluding hydrogens is 287 g/mol. The molecule has 100 valence electrons. The van der Waals surface area contributed by atoms with E-state index in [1.54, 1.807) is 6.07 Å². The van der Waals surface area contributed by atoms with Crippen molar-refractivity contribution >= 4 is 29.0 Å². The number of hydrogen-bond acceptors (Lipinski definition) is 4. The Bertz CT molecular complexity index is 591. The van der Waals surface area contributed by atoms with Crippen molar-refractivity contribution in [1.29, 1.82) is 0 Å². The summed E-state index contributed by atoms with van der Waals surface area (Å²) in [5.74, 6) is 0.919. The number of aliphatic hydroxyl groups excluding tert-OH is 1. The van der Waals surface area contributed by atoms with Crippen molar-refractivity contribution in [3.8, 4) is 11.6 Å². The van der Waals surface area contributed by atoms with E-state index in [0.29, 0.717) is 12.2 Å². The van der Waals surface area contributed by atoms with Crippen LogP contribution >= 0.6 is 23.2 Å². The summed E-state index contributed by atoms with van der Waals surface area (Å²) < 4.78 is 5.64. The number of pyridine rings is 1. The molecule has 0 unspecified atom stereocenters. The van der Waals surface area contributed by atoms with E-state index in [1.165, 1.54) is 6.07 Å². The van der Waals surface area contributed by atoms with Crippen LogP contribution in [-0.4, -0.2) is 16.7 Å². The summed E-state index contributed by atoms with van der Waals surface area (Å²) in [4.78, 5) is 4.00. The van der Waals surface area contributed by atoms with Gasteiger partial charge in [-0.15, -0.1) is 0 Å². The minimum atomic E-state index is 0.0320. The zero-order valence-electron chi connectivity index (χ0n) is 9.94. The summed E-state index contributed by atoms with van der Waals surface area (Å²) in [6.07, 6.45) is 0.483. The molecular formula is C13H12Cl2N2O2. The van der Waals surface area contributed by atoms with Crippen LogP contribution in [-0.2, 0) is 6.42 Å². The van der Waals surface area contributed by atoms with E-state index in [-0.39, 0.29) is 28.3 Å². The highest BCUT2D eigenvalue weighted by molar-refractivity contribution is 6.36. The van der Waals surface area contributed by atoms with Crippen LogP contribution in [0.3, 0.4) is 0 Å². The maximum Gasteiger partial charge on any atom is 0.240 e. The third-order valence-electron chi connectivity index (χ3n) is 2.48. The van der Waals surface area contributed by atoms with Gasteiger partial charge in [0.05, 0.1) is 5.02 Å². The number of anilines is 1. The first kappa shape index (κ1) is 13.9. The number of para-hydroxylation sites is 1. The van der Waals surface area contributed by atoms with Crippen molar-refractivity contribution < 1.29 is 9.84 Å². The topological polar surface area (TPSA) is 68.4 Å². The molecule has 0 fully saturated rings. The van der Waals surface area contributed by atoms with E-state index < -0.39 is 0 Å². The number of benzene rings is 1. The van der Waals surface area contributed by atoms with Gasteiger partial charge in [-0.1, -0.05) is 41.4 Å². The quantitative estimate of drug-likeness (QED) is 0.909. The number of aliphatic hydroxyl groups is 1. The Kier molecular flexibility index (Phi) is 4.47. The van der Waals surface area contributed by atoms with Crippen LogP contribution in [0.4, 0.5) is 5.82 Å². The molecule has 0 spiro atoms. The van der Waals surface area contributed by atoms with E-state index >= 15 is 0 Å². The summed E-state index contributed by atoms with van der Waals surface area (Å²) in [7, 11) is 0. The summed E-state index contributed by atoms with van der Waals surface area (Å²) in [6.45, 7) is 0.0320. The van der Waals surface area contributed by atoms with E-state index in [1.807, 2.05) is 18.2 Å². The highest BCUT2D eigenvalue weighted by atomic mass is 35.5. The van der Waals surface area contributed by atoms with Gasteiger partial charge >= 0.3 is 0 Å². The molecule has 0 aliphatic rings. The van der Waals surface area contributed by atoms with Crippen LogP contribution in [0.1, 0.15) is 5.56 Å². The first-order valence-corrected chi connectivity index (χ1v) is 6.35. The van der Waals surface area contributed by atoms with Gasteiger partial charge in [0.15, 0.2) is 0 Å². The first-order valence-electron chi connectivity index (χ1n) is 5.60. The van der Waals surface area contributed by atoms with Crippen LogP contribution < -0.4 is 10.5 Å². The van der Waals surface area contributed by atoms with Gasteiger partial charge in [-0.05, 0) is 24.1 Å². The molecule has 19 heavy (non-hydrogen) atoms. The van der Waals surface area contributed by atoms with Gasteiger partial charge in [-0.2, -0.15) is 4.98 Å². The Morgan fingerprint density at radius 2 is 1.95 bits per heavy atom.